The van der Waals surface area contributed by atoms with Crippen LogP contribution in [0.15, 0.2) is 24.3 Å². The van der Waals surface area contributed by atoms with Crippen molar-refractivity contribution in [3.8, 4) is 0 Å². The zero-order chi connectivity index (χ0) is 12.4. The quantitative estimate of drug-likeness (QED) is 0.850. The number of hydrogen-bond acceptors (Lipinski definition) is 2. The minimum atomic E-state index is -0.664. The van der Waals surface area contributed by atoms with Crippen LogP contribution in [0.4, 0.5) is 5.69 Å². The predicted molar refractivity (Wildman–Crippen MR) is 68.5 cm³/mol. The highest BCUT2D eigenvalue weighted by Crippen LogP contribution is 2.47. The second-order valence-corrected chi connectivity index (χ2v) is 4.55. The summed E-state index contributed by atoms with van der Waals surface area (Å²) in [5.74, 6) is -0.588. The van der Waals surface area contributed by atoms with E-state index < -0.39 is 5.97 Å². The molecule has 3 nitrogen and oxygen atoms in total. The number of carboxylic acids is 1. The summed E-state index contributed by atoms with van der Waals surface area (Å²) in [5, 5.41) is 8.90. The van der Waals surface area contributed by atoms with E-state index in [2.05, 4.69) is 43.0 Å². The largest absolute Gasteiger partial charge is 0.481 e. The van der Waals surface area contributed by atoms with Gasteiger partial charge in [0, 0.05) is 18.8 Å². The summed E-state index contributed by atoms with van der Waals surface area (Å²) < 4.78 is 0. The van der Waals surface area contributed by atoms with Gasteiger partial charge < -0.3 is 10.0 Å². The Morgan fingerprint density at radius 3 is 2.29 bits per heavy atom. The average Bonchev–Trinajstić information content (AvgIpc) is 3.12. The van der Waals surface area contributed by atoms with Crippen LogP contribution in [0.25, 0.3) is 0 Å². The minimum absolute atomic E-state index is 0.158. The number of benzene rings is 1. The third kappa shape index (κ3) is 2.43. The monoisotopic (exact) mass is 233 g/mol. The first-order valence-corrected chi connectivity index (χ1v) is 6.25. The summed E-state index contributed by atoms with van der Waals surface area (Å²) in [7, 11) is 0. The molecule has 0 amide bonds. The van der Waals surface area contributed by atoms with Crippen molar-refractivity contribution in [2.24, 2.45) is 5.92 Å². The Balaban J connectivity index is 2.06. The third-order valence-corrected chi connectivity index (χ3v) is 3.56. The van der Waals surface area contributed by atoms with E-state index in [1.807, 2.05) is 0 Å². The molecule has 1 N–H and O–H groups in total. The minimum Gasteiger partial charge on any atom is -0.481 e. The van der Waals surface area contributed by atoms with Crippen LogP contribution in [0, 0.1) is 5.92 Å². The molecule has 1 aromatic rings. The number of carboxylic acid groups (broad SMARTS) is 1. The van der Waals surface area contributed by atoms with Crippen molar-refractivity contribution >= 4 is 11.7 Å². The lowest BCUT2D eigenvalue weighted by Gasteiger charge is -2.21. The fourth-order valence-electron chi connectivity index (χ4n) is 2.36. The summed E-state index contributed by atoms with van der Waals surface area (Å²) in [5.41, 5.74) is 2.37. The summed E-state index contributed by atoms with van der Waals surface area (Å²) in [6.45, 7) is 6.27. The lowest BCUT2D eigenvalue weighted by molar-refractivity contribution is -0.138. The lowest BCUT2D eigenvalue weighted by Crippen LogP contribution is -2.21. The van der Waals surface area contributed by atoms with Gasteiger partial charge in [-0.2, -0.15) is 0 Å². The molecule has 1 aliphatic carbocycles. The number of rotatable bonds is 5. The molecule has 0 aliphatic heterocycles. The zero-order valence-electron chi connectivity index (χ0n) is 10.4. The smallest absolute Gasteiger partial charge is 0.307 e. The molecule has 0 unspecified atom stereocenters. The van der Waals surface area contributed by atoms with E-state index in [0.717, 1.165) is 25.1 Å². The van der Waals surface area contributed by atoms with E-state index in [1.165, 1.54) is 5.69 Å². The average molecular weight is 233 g/mol. The summed E-state index contributed by atoms with van der Waals surface area (Å²) in [6, 6.07) is 8.33. The van der Waals surface area contributed by atoms with Crippen LogP contribution in [-0.2, 0) is 4.79 Å². The van der Waals surface area contributed by atoms with Gasteiger partial charge in [0.05, 0.1) is 5.92 Å². The van der Waals surface area contributed by atoms with Crippen LogP contribution in [0.3, 0.4) is 0 Å². The molecule has 1 aliphatic rings. The third-order valence-electron chi connectivity index (χ3n) is 3.56. The van der Waals surface area contributed by atoms with Crippen LogP contribution in [0.5, 0.6) is 0 Å². The Bertz CT molecular complexity index is 395. The summed E-state index contributed by atoms with van der Waals surface area (Å²) in [4.78, 5) is 13.1. The highest BCUT2D eigenvalue weighted by atomic mass is 16.4. The number of aliphatic carboxylic acids is 1. The molecule has 0 aromatic heterocycles. The van der Waals surface area contributed by atoms with E-state index >= 15 is 0 Å². The maximum atomic E-state index is 10.8. The van der Waals surface area contributed by atoms with Crippen molar-refractivity contribution in [3.05, 3.63) is 29.8 Å². The van der Waals surface area contributed by atoms with Crippen LogP contribution in [0.1, 0.15) is 31.7 Å². The highest BCUT2D eigenvalue weighted by Gasteiger charge is 2.43. The van der Waals surface area contributed by atoms with Crippen molar-refractivity contribution in [2.75, 3.05) is 18.0 Å². The molecule has 3 heteroatoms. The molecule has 17 heavy (non-hydrogen) atoms. The van der Waals surface area contributed by atoms with Gasteiger partial charge in [0.15, 0.2) is 0 Å². The second-order valence-electron chi connectivity index (χ2n) is 4.55. The van der Waals surface area contributed by atoms with E-state index in [0.29, 0.717) is 0 Å². The summed E-state index contributed by atoms with van der Waals surface area (Å²) in [6.07, 6.45) is 0.792. The molecule has 2 rings (SSSR count). The van der Waals surface area contributed by atoms with Crippen molar-refractivity contribution < 1.29 is 9.90 Å². The predicted octanol–water partition coefficient (Wildman–Crippen LogP) is 2.72. The molecule has 0 spiro atoms. The second kappa shape index (κ2) is 4.78. The SMILES string of the molecule is CCN(CC)c1ccc([C@H]2C[C@H]2C(=O)O)cc1. The molecule has 0 heterocycles. The lowest BCUT2D eigenvalue weighted by atomic mass is 10.1. The van der Waals surface area contributed by atoms with Crippen LogP contribution in [0.2, 0.25) is 0 Å². The van der Waals surface area contributed by atoms with Crippen molar-refractivity contribution in [1.82, 2.24) is 0 Å². The Hall–Kier alpha value is -1.51. The Labute approximate surface area is 102 Å². The van der Waals surface area contributed by atoms with Crippen LogP contribution >= 0.6 is 0 Å². The first kappa shape index (κ1) is 12.0. The first-order valence-electron chi connectivity index (χ1n) is 6.25. The van der Waals surface area contributed by atoms with Gasteiger partial charge in [-0.15, -0.1) is 0 Å². The fourth-order valence-corrected chi connectivity index (χ4v) is 2.36. The summed E-state index contributed by atoms with van der Waals surface area (Å²) >= 11 is 0. The zero-order valence-corrected chi connectivity index (χ0v) is 10.4. The van der Waals surface area contributed by atoms with Gasteiger partial charge in [-0.3, -0.25) is 4.79 Å². The molecular weight excluding hydrogens is 214 g/mol. The van der Waals surface area contributed by atoms with Crippen molar-refractivity contribution in [3.63, 3.8) is 0 Å². The maximum Gasteiger partial charge on any atom is 0.307 e. The number of hydrogen-bond donors (Lipinski definition) is 1. The fraction of sp³-hybridized carbons (Fsp3) is 0.500. The van der Waals surface area contributed by atoms with Gasteiger partial charge in [-0.25, -0.2) is 0 Å². The topological polar surface area (TPSA) is 40.5 Å². The van der Waals surface area contributed by atoms with Crippen LogP contribution < -0.4 is 4.90 Å². The van der Waals surface area contributed by atoms with E-state index in [-0.39, 0.29) is 11.8 Å². The molecular formula is C14H19NO2. The van der Waals surface area contributed by atoms with E-state index in [1.54, 1.807) is 0 Å². The standard InChI is InChI=1S/C14H19NO2/c1-3-15(4-2)11-7-5-10(6-8-11)12-9-13(12)14(16)17/h5-8,12-13H,3-4,9H2,1-2H3,(H,16,17)/t12-,13-/m1/s1. The molecule has 1 aromatic carbocycles. The number of carbonyl (C=O) groups is 1. The van der Waals surface area contributed by atoms with Gasteiger partial charge in [0.2, 0.25) is 0 Å². The molecule has 0 radical (unpaired) electrons. The van der Waals surface area contributed by atoms with E-state index in [9.17, 15) is 4.79 Å². The number of anilines is 1. The first-order chi connectivity index (χ1) is 8.17. The van der Waals surface area contributed by atoms with Gasteiger partial charge in [0.25, 0.3) is 0 Å². The molecule has 1 saturated carbocycles. The van der Waals surface area contributed by atoms with E-state index in [4.69, 9.17) is 5.11 Å². The van der Waals surface area contributed by atoms with Crippen molar-refractivity contribution in [1.29, 1.82) is 0 Å². The highest BCUT2D eigenvalue weighted by molar-refractivity contribution is 5.75. The number of nitrogens with zero attached hydrogens (tertiary/aromatic N) is 1. The van der Waals surface area contributed by atoms with Gasteiger partial charge in [-0.05, 0) is 43.9 Å². The molecule has 1 fully saturated rings. The molecule has 2 atom stereocenters. The Morgan fingerprint density at radius 1 is 1.29 bits per heavy atom. The molecule has 0 bridgehead atoms. The maximum absolute atomic E-state index is 10.8. The normalized spacial score (nSPS) is 22.2. The van der Waals surface area contributed by atoms with Gasteiger partial charge >= 0.3 is 5.97 Å². The molecule has 0 saturated heterocycles. The Morgan fingerprint density at radius 2 is 1.88 bits per heavy atom. The van der Waals surface area contributed by atoms with Gasteiger partial charge in [0.1, 0.15) is 0 Å². The Kier molecular flexibility index (Phi) is 3.36. The van der Waals surface area contributed by atoms with Crippen molar-refractivity contribution in [2.45, 2.75) is 26.2 Å². The van der Waals surface area contributed by atoms with Crippen LogP contribution in [-0.4, -0.2) is 24.2 Å². The van der Waals surface area contributed by atoms with Gasteiger partial charge in [-0.1, -0.05) is 12.1 Å². The molecule has 92 valence electrons.